The Morgan fingerprint density at radius 2 is 1.77 bits per heavy atom. The molecule has 0 aromatic heterocycles. The first-order valence-electron chi connectivity index (χ1n) is 9.60. The lowest BCUT2D eigenvalue weighted by molar-refractivity contribution is -0.134. The second-order valence-corrected chi connectivity index (χ2v) is 6.89. The van der Waals surface area contributed by atoms with Gasteiger partial charge in [-0.15, -0.1) is 0 Å². The quantitative estimate of drug-likeness (QED) is 0.630. The summed E-state index contributed by atoms with van der Waals surface area (Å²) in [6.07, 6.45) is 0. The number of fused-ring (bicyclic) bond motifs is 2. The van der Waals surface area contributed by atoms with Crippen LogP contribution in [0.4, 0.5) is 0 Å². The molecule has 1 aliphatic rings. The molecule has 0 aliphatic carbocycles. The van der Waals surface area contributed by atoms with Gasteiger partial charge in [0.2, 0.25) is 6.79 Å². The van der Waals surface area contributed by atoms with E-state index in [1.54, 1.807) is 17.0 Å². The van der Waals surface area contributed by atoms with Gasteiger partial charge in [-0.25, -0.2) is 4.79 Å². The molecular weight excluding hydrogens is 386 g/mol. The van der Waals surface area contributed by atoms with E-state index >= 15 is 0 Å². The van der Waals surface area contributed by atoms with Crippen LogP contribution in [0.3, 0.4) is 0 Å². The van der Waals surface area contributed by atoms with E-state index in [2.05, 4.69) is 0 Å². The van der Waals surface area contributed by atoms with Gasteiger partial charge in [0.15, 0.2) is 18.1 Å². The predicted molar refractivity (Wildman–Crippen MR) is 110 cm³/mol. The molecule has 0 saturated carbocycles. The summed E-state index contributed by atoms with van der Waals surface area (Å²) in [6.45, 7) is 2.43. The summed E-state index contributed by atoms with van der Waals surface area (Å²) in [5.41, 5.74) is 0.910. The normalized spacial score (nSPS) is 12.0. The topological polar surface area (TPSA) is 85.3 Å². The van der Waals surface area contributed by atoms with E-state index in [-0.39, 0.29) is 24.0 Å². The van der Waals surface area contributed by atoms with Crippen LogP contribution in [0.15, 0.2) is 54.6 Å². The van der Waals surface area contributed by atoms with Crippen LogP contribution in [-0.2, 0) is 16.1 Å². The van der Waals surface area contributed by atoms with Gasteiger partial charge in [-0.2, -0.15) is 0 Å². The Balaban J connectivity index is 1.40. The number of benzene rings is 3. The van der Waals surface area contributed by atoms with Crippen LogP contribution in [0.25, 0.3) is 10.8 Å². The first kappa shape index (κ1) is 19.6. The zero-order valence-electron chi connectivity index (χ0n) is 16.5. The molecule has 0 atom stereocenters. The lowest BCUT2D eigenvalue weighted by atomic mass is 10.1. The van der Waals surface area contributed by atoms with Gasteiger partial charge in [0.05, 0.1) is 0 Å². The summed E-state index contributed by atoms with van der Waals surface area (Å²) in [6, 6.07) is 15.9. The molecule has 0 bridgehead atoms. The van der Waals surface area contributed by atoms with Crippen LogP contribution in [0.5, 0.6) is 17.2 Å². The maximum atomic E-state index is 12.6. The number of nitrogens with zero attached hydrogens (tertiary/aromatic N) is 1. The SMILES string of the molecule is CCN(Cc1ccc2c(c1)OCO2)C(=O)COC(=O)c1cc2ccccc2cc1O. The third-order valence-corrected chi connectivity index (χ3v) is 4.96. The van der Waals surface area contributed by atoms with E-state index in [1.807, 2.05) is 43.3 Å². The summed E-state index contributed by atoms with van der Waals surface area (Å²) < 4.78 is 15.8. The molecule has 0 radical (unpaired) electrons. The first-order valence-corrected chi connectivity index (χ1v) is 9.60. The summed E-state index contributed by atoms with van der Waals surface area (Å²) >= 11 is 0. The second-order valence-electron chi connectivity index (χ2n) is 6.89. The van der Waals surface area contributed by atoms with Crippen molar-refractivity contribution in [2.45, 2.75) is 13.5 Å². The average molecular weight is 407 g/mol. The van der Waals surface area contributed by atoms with Gasteiger partial charge < -0.3 is 24.2 Å². The maximum absolute atomic E-state index is 12.6. The van der Waals surface area contributed by atoms with Crippen molar-refractivity contribution in [1.29, 1.82) is 0 Å². The molecule has 3 aromatic carbocycles. The Morgan fingerprint density at radius 1 is 1.03 bits per heavy atom. The van der Waals surface area contributed by atoms with Crippen LogP contribution in [0.2, 0.25) is 0 Å². The number of esters is 1. The van der Waals surface area contributed by atoms with Gasteiger partial charge in [0.1, 0.15) is 11.3 Å². The fourth-order valence-corrected chi connectivity index (χ4v) is 3.32. The van der Waals surface area contributed by atoms with Crippen molar-refractivity contribution in [2.24, 2.45) is 0 Å². The van der Waals surface area contributed by atoms with E-state index in [0.717, 1.165) is 16.3 Å². The number of carbonyl (C=O) groups excluding carboxylic acids is 2. The number of aromatic hydroxyl groups is 1. The maximum Gasteiger partial charge on any atom is 0.342 e. The number of carbonyl (C=O) groups is 2. The summed E-state index contributed by atoms with van der Waals surface area (Å²) in [5, 5.41) is 11.8. The fourth-order valence-electron chi connectivity index (χ4n) is 3.32. The number of hydrogen-bond donors (Lipinski definition) is 1. The Labute approximate surface area is 173 Å². The smallest absolute Gasteiger partial charge is 0.342 e. The van der Waals surface area contributed by atoms with Crippen molar-refractivity contribution in [3.05, 3.63) is 65.7 Å². The fraction of sp³-hybridized carbons (Fsp3) is 0.217. The molecule has 1 aliphatic heterocycles. The van der Waals surface area contributed by atoms with Gasteiger partial charge in [-0.3, -0.25) is 4.79 Å². The van der Waals surface area contributed by atoms with E-state index in [9.17, 15) is 14.7 Å². The molecule has 3 aromatic rings. The summed E-state index contributed by atoms with van der Waals surface area (Å²) in [5.74, 6) is 0.0693. The molecular formula is C23H21NO6. The molecule has 30 heavy (non-hydrogen) atoms. The number of ether oxygens (including phenoxy) is 3. The molecule has 1 heterocycles. The van der Waals surface area contributed by atoms with Gasteiger partial charge in [-0.1, -0.05) is 30.3 Å². The van der Waals surface area contributed by atoms with Gasteiger partial charge in [0.25, 0.3) is 5.91 Å². The van der Waals surface area contributed by atoms with Crippen LogP contribution in [0, 0.1) is 0 Å². The highest BCUT2D eigenvalue weighted by molar-refractivity contribution is 5.99. The van der Waals surface area contributed by atoms with E-state index in [0.29, 0.717) is 24.6 Å². The molecule has 7 heteroatoms. The molecule has 0 fully saturated rings. The zero-order valence-corrected chi connectivity index (χ0v) is 16.5. The Kier molecular flexibility index (Phi) is 5.43. The van der Waals surface area contributed by atoms with Crippen LogP contribution >= 0.6 is 0 Å². The lowest BCUT2D eigenvalue weighted by Gasteiger charge is -2.21. The third kappa shape index (κ3) is 4.00. The third-order valence-electron chi connectivity index (χ3n) is 4.96. The molecule has 0 saturated heterocycles. The molecule has 1 N–H and O–H groups in total. The number of phenolic OH excluding ortho intramolecular Hbond substituents is 1. The summed E-state index contributed by atoms with van der Waals surface area (Å²) in [7, 11) is 0. The Bertz CT molecular complexity index is 1110. The van der Waals surface area contributed by atoms with Crippen molar-refractivity contribution in [3.63, 3.8) is 0 Å². The predicted octanol–water partition coefficient (Wildman–Crippen LogP) is 3.48. The molecule has 1 amide bonds. The average Bonchev–Trinajstić information content (AvgIpc) is 3.23. The van der Waals surface area contributed by atoms with Crippen LogP contribution in [0.1, 0.15) is 22.8 Å². The number of likely N-dealkylation sites (N-methyl/N-ethyl adjacent to an activating group) is 1. The molecule has 4 rings (SSSR count). The monoisotopic (exact) mass is 407 g/mol. The van der Waals surface area contributed by atoms with Crippen molar-refractivity contribution in [1.82, 2.24) is 4.90 Å². The van der Waals surface area contributed by atoms with Gasteiger partial charge in [0, 0.05) is 13.1 Å². The van der Waals surface area contributed by atoms with E-state index in [1.165, 1.54) is 6.07 Å². The first-order chi connectivity index (χ1) is 14.5. The van der Waals surface area contributed by atoms with Crippen LogP contribution < -0.4 is 9.47 Å². The Hall–Kier alpha value is -3.74. The van der Waals surface area contributed by atoms with Crippen molar-refractivity contribution >= 4 is 22.6 Å². The lowest BCUT2D eigenvalue weighted by Crippen LogP contribution is -2.34. The standard InChI is InChI=1S/C23H21NO6/c1-2-24(12-15-7-8-20-21(9-15)30-14-29-20)22(26)13-28-23(27)18-10-16-5-3-4-6-17(16)11-19(18)25/h3-11,25H,2,12-14H2,1H3. The summed E-state index contributed by atoms with van der Waals surface area (Å²) in [4.78, 5) is 26.6. The highest BCUT2D eigenvalue weighted by Gasteiger charge is 2.20. The number of hydrogen-bond acceptors (Lipinski definition) is 6. The second kappa shape index (κ2) is 8.32. The van der Waals surface area contributed by atoms with E-state index < -0.39 is 12.6 Å². The minimum atomic E-state index is -0.745. The number of amides is 1. The minimum absolute atomic E-state index is 0.0281. The molecule has 0 unspecified atom stereocenters. The molecule has 154 valence electrons. The van der Waals surface area contributed by atoms with Gasteiger partial charge in [-0.05, 0) is 47.5 Å². The molecule has 7 nitrogen and oxygen atoms in total. The zero-order chi connectivity index (χ0) is 21.1. The number of rotatable bonds is 6. The number of phenols is 1. The van der Waals surface area contributed by atoms with Gasteiger partial charge >= 0.3 is 5.97 Å². The molecule has 0 spiro atoms. The highest BCUT2D eigenvalue weighted by atomic mass is 16.7. The van der Waals surface area contributed by atoms with Crippen LogP contribution in [-0.4, -0.2) is 41.8 Å². The van der Waals surface area contributed by atoms with Crippen molar-refractivity contribution in [2.75, 3.05) is 19.9 Å². The largest absolute Gasteiger partial charge is 0.507 e. The highest BCUT2D eigenvalue weighted by Crippen LogP contribution is 2.32. The minimum Gasteiger partial charge on any atom is -0.507 e. The van der Waals surface area contributed by atoms with Crippen molar-refractivity contribution in [3.8, 4) is 17.2 Å². The van der Waals surface area contributed by atoms with E-state index in [4.69, 9.17) is 14.2 Å². The Morgan fingerprint density at radius 3 is 2.53 bits per heavy atom. The van der Waals surface area contributed by atoms with Crippen molar-refractivity contribution < 1.29 is 28.9 Å².